The van der Waals surface area contributed by atoms with E-state index >= 15 is 0 Å². The summed E-state index contributed by atoms with van der Waals surface area (Å²) in [6.07, 6.45) is 8.48. The first-order chi connectivity index (χ1) is 9.33. The lowest BCUT2D eigenvalue weighted by Crippen LogP contribution is -2.12. The summed E-state index contributed by atoms with van der Waals surface area (Å²) in [7, 11) is 0. The van der Waals surface area contributed by atoms with Crippen LogP contribution in [0.2, 0.25) is 0 Å². The molecule has 2 nitrogen and oxygen atoms in total. The third-order valence-electron chi connectivity index (χ3n) is 4.17. The van der Waals surface area contributed by atoms with Crippen LogP contribution in [0, 0.1) is 12.8 Å². The van der Waals surface area contributed by atoms with Gasteiger partial charge in [0.2, 0.25) is 0 Å². The van der Waals surface area contributed by atoms with E-state index in [1.807, 2.05) is 0 Å². The number of para-hydroxylation sites is 1. The monoisotopic (exact) mass is 274 g/mol. The number of hydrogen-bond acceptors (Lipinski definition) is 3. The predicted octanol–water partition coefficient (Wildman–Crippen LogP) is 4.99. The molecule has 1 saturated carbocycles. The van der Waals surface area contributed by atoms with Crippen LogP contribution in [-0.2, 0) is 0 Å². The Kier molecular flexibility index (Phi) is 4.02. The van der Waals surface area contributed by atoms with Crippen LogP contribution in [0.5, 0.6) is 0 Å². The van der Waals surface area contributed by atoms with Gasteiger partial charge in [0.25, 0.3) is 0 Å². The molecule has 1 N–H and O–H groups in total. The number of hydrogen-bond donors (Lipinski definition) is 1. The Bertz CT molecular complexity index is 541. The topological polar surface area (TPSA) is 24.9 Å². The van der Waals surface area contributed by atoms with Crippen LogP contribution in [0.25, 0.3) is 10.2 Å². The van der Waals surface area contributed by atoms with Gasteiger partial charge in [-0.05, 0) is 30.9 Å². The van der Waals surface area contributed by atoms with E-state index in [4.69, 9.17) is 4.98 Å². The smallest absolute Gasteiger partial charge is 0.183 e. The molecule has 1 heterocycles. The zero-order chi connectivity index (χ0) is 13.1. The summed E-state index contributed by atoms with van der Waals surface area (Å²) in [5, 5.41) is 4.60. The lowest BCUT2D eigenvalue weighted by molar-refractivity contribution is 0.345. The highest BCUT2D eigenvalue weighted by atomic mass is 32.1. The van der Waals surface area contributed by atoms with Crippen molar-refractivity contribution in [3.8, 4) is 0 Å². The van der Waals surface area contributed by atoms with Crippen molar-refractivity contribution in [2.75, 3.05) is 11.9 Å². The Morgan fingerprint density at radius 1 is 1.26 bits per heavy atom. The van der Waals surface area contributed by atoms with Crippen molar-refractivity contribution in [1.29, 1.82) is 0 Å². The van der Waals surface area contributed by atoms with Crippen LogP contribution in [0.1, 0.15) is 44.1 Å². The van der Waals surface area contributed by atoms with Gasteiger partial charge in [0.1, 0.15) is 0 Å². The van der Waals surface area contributed by atoms with E-state index in [9.17, 15) is 0 Å². The molecule has 0 aliphatic heterocycles. The van der Waals surface area contributed by atoms with Gasteiger partial charge in [-0.25, -0.2) is 4.98 Å². The molecule has 0 bridgehead atoms. The standard InChI is InChI=1S/C16H22N2S/c1-12-6-5-9-14-15(12)18-16(19-14)17-11-10-13-7-3-2-4-8-13/h5-6,9,13H,2-4,7-8,10-11H2,1H3,(H,17,18). The molecule has 1 aliphatic carbocycles. The Hall–Kier alpha value is -1.09. The molecule has 0 saturated heterocycles. The van der Waals surface area contributed by atoms with Crippen LogP contribution in [0.4, 0.5) is 5.13 Å². The number of anilines is 1. The average molecular weight is 274 g/mol. The molecule has 3 rings (SSSR count). The van der Waals surface area contributed by atoms with Crippen LogP contribution in [0.3, 0.4) is 0 Å². The largest absolute Gasteiger partial charge is 0.361 e. The fourth-order valence-electron chi connectivity index (χ4n) is 3.02. The van der Waals surface area contributed by atoms with Crippen LogP contribution in [0.15, 0.2) is 18.2 Å². The van der Waals surface area contributed by atoms with Gasteiger partial charge in [-0.1, -0.05) is 55.6 Å². The Morgan fingerprint density at radius 2 is 2.11 bits per heavy atom. The summed E-state index contributed by atoms with van der Waals surface area (Å²) in [6, 6.07) is 6.40. The molecule has 19 heavy (non-hydrogen) atoms. The van der Waals surface area contributed by atoms with E-state index in [0.29, 0.717) is 0 Å². The quantitative estimate of drug-likeness (QED) is 0.850. The van der Waals surface area contributed by atoms with Crippen molar-refractivity contribution in [2.24, 2.45) is 5.92 Å². The fraction of sp³-hybridized carbons (Fsp3) is 0.562. The molecule has 0 spiro atoms. The summed E-state index contributed by atoms with van der Waals surface area (Å²) >= 11 is 1.78. The fourth-order valence-corrected chi connectivity index (χ4v) is 3.99. The van der Waals surface area contributed by atoms with Crippen molar-refractivity contribution < 1.29 is 0 Å². The minimum absolute atomic E-state index is 0.942. The molecular weight excluding hydrogens is 252 g/mol. The molecule has 1 aromatic heterocycles. The molecule has 1 aliphatic rings. The zero-order valence-electron chi connectivity index (χ0n) is 11.6. The Balaban J connectivity index is 1.57. The van der Waals surface area contributed by atoms with Crippen molar-refractivity contribution >= 4 is 26.7 Å². The van der Waals surface area contributed by atoms with Gasteiger partial charge < -0.3 is 5.32 Å². The molecule has 102 valence electrons. The maximum Gasteiger partial charge on any atom is 0.183 e. The summed E-state index contributed by atoms with van der Waals surface area (Å²) in [6.45, 7) is 3.21. The molecule has 0 unspecified atom stereocenters. The van der Waals surface area contributed by atoms with E-state index in [2.05, 4.69) is 30.4 Å². The summed E-state index contributed by atoms with van der Waals surface area (Å²) < 4.78 is 1.29. The van der Waals surface area contributed by atoms with Crippen molar-refractivity contribution in [3.63, 3.8) is 0 Å². The second-order valence-electron chi connectivity index (χ2n) is 5.66. The van der Waals surface area contributed by atoms with E-state index in [0.717, 1.165) is 23.1 Å². The molecular formula is C16H22N2S. The molecule has 2 aromatic rings. The van der Waals surface area contributed by atoms with Gasteiger partial charge in [0, 0.05) is 6.54 Å². The van der Waals surface area contributed by atoms with Crippen LogP contribution >= 0.6 is 11.3 Å². The maximum absolute atomic E-state index is 4.70. The second-order valence-corrected chi connectivity index (χ2v) is 6.69. The Morgan fingerprint density at radius 3 is 2.89 bits per heavy atom. The van der Waals surface area contributed by atoms with Crippen LogP contribution in [-0.4, -0.2) is 11.5 Å². The van der Waals surface area contributed by atoms with Crippen LogP contribution < -0.4 is 5.32 Å². The number of benzene rings is 1. The maximum atomic E-state index is 4.70. The van der Waals surface area contributed by atoms with E-state index in [1.54, 1.807) is 11.3 Å². The van der Waals surface area contributed by atoms with Gasteiger partial charge in [-0.2, -0.15) is 0 Å². The van der Waals surface area contributed by atoms with Crippen molar-refractivity contribution in [2.45, 2.75) is 45.4 Å². The van der Waals surface area contributed by atoms with E-state index < -0.39 is 0 Å². The predicted molar refractivity (Wildman–Crippen MR) is 84.0 cm³/mol. The second kappa shape index (κ2) is 5.91. The SMILES string of the molecule is Cc1cccc2sc(NCCC3CCCCC3)nc12. The zero-order valence-corrected chi connectivity index (χ0v) is 12.4. The highest BCUT2D eigenvalue weighted by Gasteiger charge is 2.13. The number of rotatable bonds is 4. The minimum Gasteiger partial charge on any atom is -0.361 e. The van der Waals surface area contributed by atoms with Gasteiger partial charge in [-0.15, -0.1) is 0 Å². The van der Waals surface area contributed by atoms with Gasteiger partial charge in [0.15, 0.2) is 5.13 Å². The number of aromatic nitrogens is 1. The average Bonchev–Trinajstić information content (AvgIpc) is 2.84. The first kappa shape index (κ1) is 12.9. The molecule has 1 aromatic carbocycles. The Labute approximate surface area is 119 Å². The van der Waals surface area contributed by atoms with Gasteiger partial charge in [0.05, 0.1) is 10.2 Å². The molecule has 0 amide bonds. The number of fused-ring (bicyclic) bond motifs is 1. The number of aryl methyl sites for hydroxylation is 1. The molecule has 3 heteroatoms. The highest BCUT2D eigenvalue weighted by molar-refractivity contribution is 7.22. The highest BCUT2D eigenvalue weighted by Crippen LogP contribution is 2.29. The van der Waals surface area contributed by atoms with Crippen molar-refractivity contribution in [3.05, 3.63) is 23.8 Å². The van der Waals surface area contributed by atoms with E-state index in [-0.39, 0.29) is 0 Å². The summed E-state index contributed by atoms with van der Waals surface area (Å²) in [5.74, 6) is 0.942. The molecule has 1 fully saturated rings. The van der Waals surface area contributed by atoms with Gasteiger partial charge in [-0.3, -0.25) is 0 Å². The summed E-state index contributed by atoms with van der Waals surface area (Å²) in [4.78, 5) is 4.70. The number of nitrogens with one attached hydrogen (secondary N) is 1. The molecule has 0 atom stereocenters. The first-order valence-electron chi connectivity index (χ1n) is 7.43. The third-order valence-corrected chi connectivity index (χ3v) is 5.15. The van der Waals surface area contributed by atoms with Crippen molar-refractivity contribution in [1.82, 2.24) is 4.98 Å². The first-order valence-corrected chi connectivity index (χ1v) is 8.24. The number of thiazole rings is 1. The minimum atomic E-state index is 0.942. The molecule has 0 radical (unpaired) electrons. The third kappa shape index (κ3) is 3.08. The summed E-state index contributed by atoms with van der Waals surface area (Å²) in [5.41, 5.74) is 2.43. The normalized spacial score (nSPS) is 16.9. The van der Waals surface area contributed by atoms with E-state index in [1.165, 1.54) is 48.8 Å². The lowest BCUT2D eigenvalue weighted by Gasteiger charge is -2.21. The van der Waals surface area contributed by atoms with Gasteiger partial charge >= 0.3 is 0 Å². The lowest BCUT2D eigenvalue weighted by atomic mass is 9.87. The number of nitrogens with zero attached hydrogens (tertiary/aromatic N) is 1.